The van der Waals surface area contributed by atoms with Crippen LogP contribution in [0.3, 0.4) is 0 Å². The summed E-state index contributed by atoms with van der Waals surface area (Å²) in [4.78, 5) is 9.68. The van der Waals surface area contributed by atoms with Gasteiger partial charge in [0, 0.05) is 0 Å². The molecule has 0 saturated carbocycles. The number of rotatable bonds is 3. The molecule has 46 valence electrons. The van der Waals surface area contributed by atoms with Gasteiger partial charge in [0.05, 0.1) is 12.6 Å². The molecule has 0 aromatic rings. The first-order valence-corrected chi connectivity index (χ1v) is 2.09. The van der Waals surface area contributed by atoms with Gasteiger partial charge in [0.2, 0.25) is 0 Å². The number of hydrogen-bond donors (Lipinski definition) is 1. The Morgan fingerprint density at radius 2 is 2.62 bits per heavy atom. The zero-order valence-corrected chi connectivity index (χ0v) is 4.63. The molecule has 8 heavy (non-hydrogen) atoms. The van der Waals surface area contributed by atoms with E-state index in [1.54, 1.807) is 0 Å². The normalized spacial score (nSPS) is 9.62. The average molecular weight is 138 g/mol. The number of aliphatic carboxylic acids is 1. The number of nitrogens with zero attached hydrogens (tertiary/aromatic N) is 1. The Balaban J connectivity index is 3.16. The minimum atomic E-state index is -0.970. The summed E-state index contributed by atoms with van der Waals surface area (Å²) in [6.07, 6.45) is 0.877. The molecule has 0 saturated heterocycles. The van der Waals surface area contributed by atoms with Gasteiger partial charge in [0.15, 0.2) is 11.9 Å². The molecular formula is C3H4ClNO3. The fraction of sp³-hybridized carbons (Fsp3) is 0.333. The molecule has 0 unspecified atom stereocenters. The van der Waals surface area contributed by atoms with Crippen molar-refractivity contribution in [1.29, 1.82) is 0 Å². The predicted octanol–water partition coefficient (Wildman–Crippen LogP) is 0.617. The Bertz CT molecular complexity index is 103. The first kappa shape index (κ1) is 7.23. The maximum atomic E-state index is 9.68. The summed E-state index contributed by atoms with van der Waals surface area (Å²) in [5.74, 6) is -0.970. The minimum absolute atomic E-state index is 0.174. The van der Waals surface area contributed by atoms with Crippen LogP contribution in [0.1, 0.15) is 6.42 Å². The highest BCUT2D eigenvalue weighted by Crippen LogP contribution is 1.79. The highest BCUT2D eigenvalue weighted by molar-refractivity contribution is 6.07. The number of hydrogen-bond acceptors (Lipinski definition) is 3. The van der Waals surface area contributed by atoms with Gasteiger partial charge >= 0.3 is 5.97 Å². The van der Waals surface area contributed by atoms with Gasteiger partial charge in [-0.25, -0.2) is 0 Å². The van der Waals surface area contributed by atoms with Crippen molar-refractivity contribution < 1.29 is 14.3 Å². The first-order valence-electron chi connectivity index (χ1n) is 1.78. The second kappa shape index (κ2) is 4.39. The Kier molecular flexibility index (Phi) is 3.97. The molecular weight excluding hydrogens is 133 g/mol. The lowest BCUT2D eigenvalue weighted by molar-refractivity contribution is -0.135. The molecule has 4 nitrogen and oxygen atoms in total. The van der Waals surface area contributed by atoms with E-state index in [4.69, 9.17) is 5.11 Å². The van der Waals surface area contributed by atoms with Crippen LogP contribution in [0.15, 0.2) is 5.16 Å². The van der Waals surface area contributed by atoms with Crippen molar-refractivity contribution in [3.63, 3.8) is 0 Å². The smallest absolute Gasteiger partial charge is 0.308 e. The van der Waals surface area contributed by atoms with Crippen LogP contribution in [0, 0.1) is 0 Å². The molecule has 0 aromatic carbocycles. The summed E-state index contributed by atoms with van der Waals surface area (Å²) >= 11 is 4.59. The van der Waals surface area contributed by atoms with Crippen LogP contribution in [-0.2, 0) is 9.18 Å². The molecule has 1 N–H and O–H groups in total. The molecule has 0 radical (unpaired) electrons. The molecule has 0 aliphatic heterocycles. The summed E-state index contributed by atoms with van der Waals surface area (Å²) in [6, 6.07) is 0. The third-order valence-corrected chi connectivity index (χ3v) is 0.460. The van der Waals surface area contributed by atoms with Gasteiger partial charge in [-0.2, -0.15) is 0 Å². The third kappa shape index (κ3) is 5.23. The largest absolute Gasteiger partial charge is 0.481 e. The fourth-order valence-electron chi connectivity index (χ4n) is 0.144. The molecule has 0 atom stereocenters. The van der Waals surface area contributed by atoms with E-state index in [0.29, 0.717) is 0 Å². The Morgan fingerprint density at radius 1 is 2.00 bits per heavy atom. The number of carboxylic acids is 1. The van der Waals surface area contributed by atoms with E-state index in [9.17, 15) is 4.79 Å². The highest BCUT2D eigenvalue weighted by Gasteiger charge is 1.88. The van der Waals surface area contributed by atoms with Crippen molar-refractivity contribution in [2.75, 3.05) is 0 Å². The van der Waals surface area contributed by atoms with E-state index in [0.717, 1.165) is 6.21 Å². The molecule has 0 amide bonds. The van der Waals surface area contributed by atoms with Crippen LogP contribution in [0.5, 0.6) is 0 Å². The zero-order chi connectivity index (χ0) is 6.41. The van der Waals surface area contributed by atoms with Crippen molar-refractivity contribution in [2.24, 2.45) is 5.16 Å². The van der Waals surface area contributed by atoms with Crippen LogP contribution in [-0.4, -0.2) is 17.3 Å². The SMILES string of the molecule is O=C(O)CC=NOCl. The molecule has 0 bridgehead atoms. The van der Waals surface area contributed by atoms with Gasteiger partial charge in [-0.05, 0) is 0 Å². The predicted molar refractivity (Wildman–Crippen MR) is 27.7 cm³/mol. The van der Waals surface area contributed by atoms with E-state index in [2.05, 4.69) is 21.4 Å². The Morgan fingerprint density at radius 3 is 3.00 bits per heavy atom. The number of carboxylic acid groups (broad SMARTS) is 1. The number of halogens is 1. The standard InChI is InChI=1S/C3H4ClNO3/c4-8-5-2-1-3(6)7/h2H,1H2,(H,6,7). The lowest BCUT2D eigenvalue weighted by atomic mass is 10.5. The van der Waals surface area contributed by atoms with E-state index in [-0.39, 0.29) is 6.42 Å². The topological polar surface area (TPSA) is 58.9 Å². The molecule has 0 spiro atoms. The molecule has 0 heterocycles. The number of oxime groups is 1. The maximum Gasteiger partial charge on any atom is 0.308 e. The summed E-state index contributed by atoms with van der Waals surface area (Å²) < 4.78 is 3.67. The third-order valence-electron chi connectivity index (χ3n) is 0.380. The van der Waals surface area contributed by atoms with Crippen LogP contribution < -0.4 is 0 Å². The molecule has 0 aromatic heterocycles. The summed E-state index contributed by atoms with van der Waals surface area (Å²) in [5, 5.41) is 10.9. The number of carbonyl (C=O) groups is 1. The van der Waals surface area contributed by atoms with Gasteiger partial charge in [-0.15, -0.1) is 0 Å². The Hall–Kier alpha value is -0.770. The second-order valence-corrected chi connectivity index (χ2v) is 1.09. The van der Waals surface area contributed by atoms with Crippen LogP contribution in [0.25, 0.3) is 0 Å². The summed E-state index contributed by atoms with van der Waals surface area (Å²) in [7, 11) is 0. The maximum absolute atomic E-state index is 9.68. The lowest BCUT2D eigenvalue weighted by Gasteiger charge is -1.79. The van der Waals surface area contributed by atoms with Crippen molar-refractivity contribution in [2.45, 2.75) is 6.42 Å². The second-order valence-electron chi connectivity index (χ2n) is 0.955. The molecule has 0 aliphatic rings. The molecule has 0 fully saturated rings. The van der Waals surface area contributed by atoms with Gasteiger partial charge in [0.25, 0.3) is 0 Å². The van der Waals surface area contributed by atoms with Crippen molar-refractivity contribution >= 4 is 24.0 Å². The van der Waals surface area contributed by atoms with Gasteiger partial charge in [-0.3, -0.25) is 9.18 Å². The van der Waals surface area contributed by atoms with Crippen molar-refractivity contribution in [3.05, 3.63) is 0 Å². The molecule has 5 heteroatoms. The average Bonchev–Trinajstić information content (AvgIpc) is 1.66. The van der Waals surface area contributed by atoms with Crippen LogP contribution in [0.2, 0.25) is 0 Å². The van der Waals surface area contributed by atoms with E-state index in [1.807, 2.05) is 0 Å². The van der Waals surface area contributed by atoms with Crippen LogP contribution >= 0.6 is 11.9 Å². The monoisotopic (exact) mass is 137 g/mol. The molecule has 0 rings (SSSR count). The Labute approximate surface area is 50.9 Å². The zero-order valence-electron chi connectivity index (χ0n) is 3.87. The van der Waals surface area contributed by atoms with Crippen molar-refractivity contribution in [3.8, 4) is 0 Å². The van der Waals surface area contributed by atoms with Gasteiger partial charge < -0.3 is 5.11 Å². The molecule has 0 aliphatic carbocycles. The van der Waals surface area contributed by atoms with Gasteiger partial charge in [0.1, 0.15) is 0 Å². The van der Waals surface area contributed by atoms with E-state index < -0.39 is 5.97 Å². The van der Waals surface area contributed by atoms with E-state index in [1.165, 1.54) is 0 Å². The summed E-state index contributed by atoms with van der Waals surface area (Å²) in [6.45, 7) is 0. The van der Waals surface area contributed by atoms with Crippen LogP contribution in [0.4, 0.5) is 0 Å². The van der Waals surface area contributed by atoms with Gasteiger partial charge in [-0.1, -0.05) is 5.16 Å². The highest BCUT2D eigenvalue weighted by atomic mass is 35.5. The van der Waals surface area contributed by atoms with E-state index >= 15 is 0 Å². The summed E-state index contributed by atoms with van der Waals surface area (Å²) in [5.41, 5.74) is 0. The van der Waals surface area contributed by atoms with Crippen molar-refractivity contribution in [1.82, 2.24) is 0 Å². The quantitative estimate of drug-likeness (QED) is 0.458. The first-order chi connectivity index (χ1) is 3.77. The minimum Gasteiger partial charge on any atom is -0.481 e. The fourth-order valence-corrected chi connectivity index (χ4v) is 0.200. The lowest BCUT2D eigenvalue weighted by Crippen LogP contribution is -1.93.